The lowest BCUT2D eigenvalue weighted by Crippen LogP contribution is -2.42. The van der Waals surface area contributed by atoms with Gasteiger partial charge in [-0.15, -0.1) is 4.36 Å². The van der Waals surface area contributed by atoms with Crippen LogP contribution in [0.25, 0.3) is 0 Å². The summed E-state index contributed by atoms with van der Waals surface area (Å²) in [5, 5.41) is 11.8. The fourth-order valence-corrected chi connectivity index (χ4v) is 6.69. The van der Waals surface area contributed by atoms with E-state index in [0.29, 0.717) is 25.9 Å². The summed E-state index contributed by atoms with van der Waals surface area (Å²) in [6.07, 6.45) is 7.50. The van der Waals surface area contributed by atoms with Gasteiger partial charge in [-0.1, -0.05) is 18.2 Å². The van der Waals surface area contributed by atoms with Gasteiger partial charge in [0.05, 0.1) is 4.90 Å². The molecule has 2 aliphatic carbocycles. The third kappa shape index (κ3) is 5.61. The molecule has 1 fully saturated rings. The fourth-order valence-electron chi connectivity index (χ4n) is 5.76. The Morgan fingerprint density at radius 1 is 1.08 bits per heavy atom. The minimum atomic E-state index is -3.43. The van der Waals surface area contributed by atoms with E-state index >= 15 is 0 Å². The van der Waals surface area contributed by atoms with Crippen LogP contribution in [0, 0.1) is 5.92 Å². The second-order valence-corrected chi connectivity index (χ2v) is 12.3. The van der Waals surface area contributed by atoms with Gasteiger partial charge in [-0.05, 0) is 91.3 Å². The molecule has 0 spiro atoms. The van der Waals surface area contributed by atoms with Crippen LogP contribution < -0.4 is 15.8 Å². The van der Waals surface area contributed by atoms with E-state index in [2.05, 4.69) is 21.1 Å². The number of carbonyl (C=O) groups is 3. The van der Waals surface area contributed by atoms with Crippen molar-refractivity contribution in [2.24, 2.45) is 15.4 Å². The number of anilines is 1. The van der Waals surface area contributed by atoms with Crippen molar-refractivity contribution in [3.05, 3.63) is 58.1 Å². The molecule has 0 aromatic heterocycles. The molecule has 202 valence electrons. The zero-order valence-electron chi connectivity index (χ0n) is 21.8. The zero-order chi connectivity index (χ0) is 26.9. The quantitative estimate of drug-likeness (QED) is 0.522. The van der Waals surface area contributed by atoms with Gasteiger partial charge in [0.2, 0.25) is 11.8 Å². The van der Waals surface area contributed by atoms with Gasteiger partial charge in [-0.3, -0.25) is 9.59 Å². The highest BCUT2D eigenvalue weighted by molar-refractivity contribution is 7.91. The third-order valence-corrected chi connectivity index (χ3v) is 9.31. The van der Waals surface area contributed by atoms with Gasteiger partial charge < -0.3 is 15.5 Å². The van der Waals surface area contributed by atoms with Gasteiger partial charge in [0.25, 0.3) is 0 Å². The molecule has 2 atom stereocenters. The second-order valence-electron chi connectivity index (χ2n) is 10.5. The van der Waals surface area contributed by atoms with Crippen LogP contribution in [0.1, 0.15) is 53.5 Å². The number of hydrogen-bond donors (Lipinski definition) is 3. The number of aryl methyl sites for hydroxylation is 2. The lowest BCUT2D eigenvalue weighted by Gasteiger charge is -2.27. The highest BCUT2D eigenvalue weighted by Crippen LogP contribution is 2.38. The van der Waals surface area contributed by atoms with Crippen LogP contribution in [0.15, 0.2) is 39.6 Å². The minimum Gasteiger partial charge on any atom is -0.356 e. The lowest BCUT2D eigenvalue weighted by atomic mass is 9.95. The molecule has 9 nitrogen and oxygen atoms in total. The van der Waals surface area contributed by atoms with Crippen LogP contribution in [-0.4, -0.2) is 47.1 Å². The molecule has 2 unspecified atom stereocenters. The van der Waals surface area contributed by atoms with Gasteiger partial charge in [0.15, 0.2) is 0 Å². The molecule has 1 heterocycles. The van der Waals surface area contributed by atoms with E-state index in [-0.39, 0.29) is 29.0 Å². The topological polar surface area (TPSA) is 134 Å². The van der Waals surface area contributed by atoms with Crippen LogP contribution in [0.4, 0.5) is 10.5 Å². The van der Waals surface area contributed by atoms with E-state index in [1.54, 1.807) is 36.2 Å². The van der Waals surface area contributed by atoms with E-state index in [1.807, 2.05) is 0 Å². The SMILES string of the molecule is CN1CCC(C(=O)NCCc2ccc(S(N)(=O)=NC(=O)Nc3c4c(cc5c3CCC5)CCC4)cc2)CC1=O. The number of nitrogens with zero attached hydrogens (tertiary/aromatic N) is 2. The molecule has 10 heteroatoms. The molecule has 2 aromatic carbocycles. The molecule has 0 bridgehead atoms. The number of hydrogen-bond acceptors (Lipinski definition) is 4. The average Bonchev–Trinajstić information content (AvgIpc) is 3.55. The van der Waals surface area contributed by atoms with Crippen LogP contribution in [-0.2, 0) is 51.6 Å². The first-order valence-electron chi connectivity index (χ1n) is 13.3. The smallest absolute Gasteiger partial charge is 0.354 e. The van der Waals surface area contributed by atoms with E-state index in [1.165, 1.54) is 22.3 Å². The highest BCUT2D eigenvalue weighted by atomic mass is 32.2. The predicted octanol–water partition coefficient (Wildman–Crippen LogP) is 3.12. The lowest BCUT2D eigenvalue weighted by molar-refractivity contribution is -0.139. The number of nitrogens with one attached hydrogen (secondary N) is 2. The first kappa shape index (κ1) is 26.4. The summed E-state index contributed by atoms with van der Waals surface area (Å²) in [6, 6.07) is 8.38. The summed E-state index contributed by atoms with van der Waals surface area (Å²) in [5.74, 6) is -0.394. The maximum Gasteiger partial charge on any atom is 0.354 e. The summed E-state index contributed by atoms with van der Waals surface area (Å²) in [4.78, 5) is 39.0. The minimum absolute atomic E-state index is 0.00643. The summed E-state index contributed by atoms with van der Waals surface area (Å²) in [6.45, 7) is 1.02. The number of likely N-dealkylation sites (tertiary alicyclic amines) is 1. The van der Waals surface area contributed by atoms with E-state index < -0.39 is 15.9 Å². The van der Waals surface area contributed by atoms with Crippen molar-refractivity contribution in [3.63, 3.8) is 0 Å². The molecule has 2 aromatic rings. The van der Waals surface area contributed by atoms with Crippen molar-refractivity contribution in [1.82, 2.24) is 10.2 Å². The maximum absolute atomic E-state index is 13.2. The Morgan fingerprint density at radius 3 is 2.37 bits per heavy atom. The number of amides is 4. The molecule has 5 rings (SSSR count). The van der Waals surface area contributed by atoms with Crippen molar-refractivity contribution >= 4 is 33.4 Å². The number of fused-ring (bicyclic) bond motifs is 2. The van der Waals surface area contributed by atoms with Gasteiger partial charge in [-0.2, -0.15) is 0 Å². The van der Waals surface area contributed by atoms with Crippen LogP contribution in [0.5, 0.6) is 0 Å². The van der Waals surface area contributed by atoms with Crippen molar-refractivity contribution in [2.75, 3.05) is 25.5 Å². The molecule has 4 N–H and O–H groups in total. The molecule has 0 radical (unpaired) electrons. The van der Waals surface area contributed by atoms with Crippen LogP contribution in [0.3, 0.4) is 0 Å². The summed E-state index contributed by atoms with van der Waals surface area (Å²) >= 11 is 0. The zero-order valence-corrected chi connectivity index (χ0v) is 22.6. The van der Waals surface area contributed by atoms with Gasteiger partial charge in [-0.25, -0.2) is 14.1 Å². The molecule has 0 saturated carbocycles. The van der Waals surface area contributed by atoms with Crippen molar-refractivity contribution in [3.8, 4) is 0 Å². The average molecular weight is 538 g/mol. The summed E-state index contributed by atoms with van der Waals surface area (Å²) < 4.78 is 17.0. The summed E-state index contributed by atoms with van der Waals surface area (Å²) in [7, 11) is -1.68. The molecule has 3 aliphatic rings. The van der Waals surface area contributed by atoms with Crippen molar-refractivity contribution in [2.45, 2.75) is 62.7 Å². The van der Waals surface area contributed by atoms with E-state index in [0.717, 1.165) is 49.8 Å². The van der Waals surface area contributed by atoms with Gasteiger partial charge >= 0.3 is 6.03 Å². The Bertz CT molecular complexity index is 1360. The molecular weight excluding hydrogens is 502 g/mol. The first-order valence-corrected chi connectivity index (χ1v) is 14.9. The van der Waals surface area contributed by atoms with E-state index in [4.69, 9.17) is 5.14 Å². The molecule has 4 amide bonds. The Balaban J connectivity index is 1.20. The predicted molar refractivity (Wildman–Crippen MR) is 146 cm³/mol. The Hall–Kier alpha value is -3.24. The van der Waals surface area contributed by atoms with Gasteiger partial charge in [0.1, 0.15) is 9.92 Å². The van der Waals surface area contributed by atoms with E-state index in [9.17, 15) is 18.6 Å². The normalized spacial score (nSPS) is 19.9. The number of nitrogens with two attached hydrogens (primary N) is 1. The fraction of sp³-hybridized carbons (Fsp3) is 0.464. The maximum atomic E-state index is 13.2. The largest absolute Gasteiger partial charge is 0.356 e. The Labute approximate surface area is 223 Å². The summed E-state index contributed by atoms with van der Waals surface area (Å²) in [5.41, 5.74) is 6.71. The standard InChI is InChI=1S/C28H35N5O4S/c1-33-15-13-21(17-25(33)34)27(35)30-14-12-18-8-10-22(11-9-18)38(29,37)32-28(36)31-26-23-6-2-4-19(23)16-20-5-3-7-24(20)26/h8-11,16,21H,2-7,12-15,17H2,1H3,(H,30,35)(H3,29,31,32,36,37). The number of rotatable bonds is 6. The Morgan fingerprint density at radius 2 is 1.74 bits per heavy atom. The monoisotopic (exact) mass is 537 g/mol. The van der Waals surface area contributed by atoms with Gasteiger partial charge in [0, 0.05) is 38.2 Å². The van der Waals surface area contributed by atoms with Crippen LogP contribution in [0.2, 0.25) is 0 Å². The number of piperidine rings is 1. The van der Waals surface area contributed by atoms with Crippen molar-refractivity contribution < 1.29 is 18.6 Å². The van der Waals surface area contributed by atoms with Crippen LogP contribution >= 0.6 is 0 Å². The van der Waals surface area contributed by atoms with Crippen molar-refractivity contribution in [1.29, 1.82) is 0 Å². The second kappa shape index (κ2) is 10.9. The third-order valence-electron chi connectivity index (χ3n) is 7.93. The molecular formula is C28H35N5O4S. The first-order chi connectivity index (χ1) is 18.2. The number of carbonyl (C=O) groups excluding carboxylic acids is 3. The Kier molecular flexibility index (Phi) is 7.54. The molecule has 1 saturated heterocycles. The number of benzene rings is 2. The number of urea groups is 1. The molecule has 1 aliphatic heterocycles. The highest BCUT2D eigenvalue weighted by Gasteiger charge is 2.28. The molecule has 38 heavy (non-hydrogen) atoms.